The van der Waals surface area contributed by atoms with Crippen molar-refractivity contribution in [3.8, 4) is 0 Å². The molecule has 1 unspecified atom stereocenters. The molecule has 1 aromatic heterocycles. The number of fused-ring (bicyclic) bond motifs is 1. The van der Waals surface area contributed by atoms with Gasteiger partial charge in [-0.1, -0.05) is 30.3 Å². The minimum absolute atomic E-state index is 0.0128. The number of β-amino-alcohol motifs (C(OH)–C–C–N with tert-alkyl or cyclic N) is 1. The van der Waals surface area contributed by atoms with Crippen molar-refractivity contribution in [3.05, 3.63) is 77.6 Å². The number of hydrogen-bond donors (Lipinski definition) is 2. The van der Waals surface area contributed by atoms with Gasteiger partial charge in [-0.15, -0.1) is 0 Å². The zero-order valence-electron chi connectivity index (χ0n) is 17.6. The molecule has 0 bridgehead atoms. The molecule has 1 saturated heterocycles. The van der Waals surface area contributed by atoms with E-state index in [-0.39, 0.29) is 11.7 Å². The highest BCUT2D eigenvalue weighted by Gasteiger charge is 2.34. The fourth-order valence-corrected chi connectivity index (χ4v) is 4.68. The number of rotatable bonds is 4. The van der Waals surface area contributed by atoms with Crippen LogP contribution in [0.1, 0.15) is 17.5 Å². The fourth-order valence-electron chi connectivity index (χ4n) is 4.68. The highest BCUT2D eigenvalue weighted by Crippen LogP contribution is 2.28. The van der Waals surface area contributed by atoms with E-state index in [1.165, 1.54) is 29.6 Å². The highest BCUT2D eigenvalue weighted by atomic mass is 19.2. The van der Waals surface area contributed by atoms with Crippen LogP contribution in [0.25, 0.3) is 0 Å². The van der Waals surface area contributed by atoms with Crippen molar-refractivity contribution in [2.24, 2.45) is 0 Å². The molecule has 0 spiro atoms. The van der Waals surface area contributed by atoms with E-state index in [4.69, 9.17) is 0 Å². The zero-order valence-corrected chi connectivity index (χ0v) is 17.6. The topological polar surface area (TPSA) is 64.5 Å². The lowest BCUT2D eigenvalue weighted by Gasteiger charge is -2.43. The van der Waals surface area contributed by atoms with E-state index in [9.17, 15) is 13.9 Å². The monoisotopic (exact) mass is 437 g/mol. The van der Waals surface area contributed by atoms with Gasteiger partial charge < -0.3 is 15.3 Å². The summed E-state index contributed by atoms with van der Waals surface area (Å²) in [6.45, 7) is 3.00. The number of benzene rings is 2. The van der Waals surface area contributed by atoms with Crippen molar-refractivity contribution < 1.29 is 13.9 Å². The van der Waals surface area contributed by atoms with Crippen LogP contribution < -0.4 is 10.2 Å². The van der Waals surface area contributed by atoms with Crippen LogP contribution in [0.15, 0.2) is 54.9 Å². The summed E-state index contributed by atoms with van der Waals surface area (Å²) in [7, 11) is 0. The average molecular weight is 437 g/mol. The third-order valence-electron chi connectivity index (χ3n) is 6.37. The number of anilines is 3. The molecule has 0 radical (unpaired) electrons. The summed E-state index contributed by atoms with van der Waals surface area (Å²) in [4.78, 5) is 12.8. The van der Waals surface area contributed by atoms with Crippen molar-refractivity contribution >= 4 is 17.3 Å². The van der Waals surface area contributed by atoms with E-state index in [0.717, 1.165) is 38.5 Å². The molecule has 2 aliphatic rings. The van der Waals surface area contributed by atoms with E-state index in [2.05, 4.69) is 44.5 Å². The van der Waals surface area contributed by atoms with Crippen LogP contribution in [0.3, 0.4) is 0 Å². The van der Waals surface area contributed by atoms with Crippen LogP contribution in [0.4, 0.5) is 26.1 Å². The second-order valence-corrected chi connectivity index (χ2v) is 8.35. The van der Waals surface area contributed by atoms with Gasteiger partial charge in [-0.2, -0.15) is 0 Å². The summed E-state index contributed by atoms with van der Waals surface area (Å²) < 4.78 is 27.5. The van der Waals surface area contributed by atoms with Gasteiger partial charge in [-0.3, -0.25) is 4.90 Å². The number of aromatic nitrogens is 2. The summed E-state index contributed by atoms with van der Waals surface area (Å²) in [5, 5.41) is 13.7. The lowest BCUT2D eigenvalue weighted by molar-refractivity contribution is 0.0293. The van der Waals surface area contributed by atoms with Gasteiger partial charge in [-0.05, 0) is 36.1 Å². The smallest absolute Gasteiger partial charge is 0.182 e. The summed E-state index contributed by atoms with van der Waals surface area (Å²) in [6, 6.07) is 14.2. The first-order valence-corrected chi connectivity index (χ1v) is 10.9. The summed E-state index contributed by atoms with van der Waals surface area (Å²) in [6.07, 6.45) is 2.69. The molecule has 0 amide bonds. The van der Waals surface area contributed by atoms with Crippen LogP contribution in [-0.2, 0) is 13.0 Å². The molecule has 166 valence electrons. The Morgan fingerprint density at radius 1 is 1.00 bits per heavy atom. The van der Waals surface area contributed by atoms with Crippen molar-refractivity contribution in [1.82, 2.24) is 14.9 Å². The molecule has 0 saturated carbocycles. The number of aliphatic hydroxyl groups excluding tert-OH is 1. The van der Waals surface area contributed by atoms with Crippen molar-refractivity contribution in [2.45, 2.75) is 31.5 Å². The maximum atomic E-state index is 14.0. The Balaban J connectivity index is 1.26. The molecule has 6 nitrogen and oxygen atoms in total. The first-order valence-electron chi connectivity index (χ1n) is 10.9. The van der Waals surface area contributed by atoms with Crippen LogP contribution in [-0.4, -0.2) is 51.8 Å². The molecule has 2 atom stereocenters. The van der Waals surface area contributed by atoms with Gasteiger partial charge in [0.15, 0.2) is 11.6 Å². The standard InChI is InChI=1S/C24H25F2N5O/c25-18-6-3-7-19(24(18)26)29-22-12-23(28-15-27-22)31-11-9-20(21(32)14-31)30-10-8-16-4-1-2-5-17(16)13-30/h1-7,12,15,20-21,32H,8-11,13-14H2,(H,27,28,29)/t20?,21-/m1/s1. The van der Waals surface area contributed by atoms with E-state index in [1.54, 1.807) is 6.07 Å². The number of halogens is 2. The van der Waals surface area contributed by atoms with Crippen LogP contribution >= 0.6 is 0 Å². The molecule has 3 heterocycles. The van der Waals surface area contributed by atoms with Crippen molar-refractivity contribution in [1.29, 1.82) is 0 Å². The molecule has 1 fully saturated rings. The Hall–Kier alpha value is -3.10. The molecule has 8 heteroatoms. The maximum Gasteiger partial charge on any atom is 0.182 e. The van der Waals surface area contributed by atoms with Gasteiger partial charge in [0.25, 0.3) is 0 Å². The second kappa shape index (κ2) is 8.80. The number of aliphatic hydroxyl groups is 1. The van der Waals surface area contributed by atoms with Crippen molar-refractivity contribution in [3.63, 3.8) is 0 Å². The Bertz CT molecular complexity index is 1110. The summed E-state index contributed by atoms with van der Waals surface area (Å²) >= 11 is 0. The molecular weight excluding hydrogens is 412 g/mol. The molecule has 2 aliphatic heterocycles. The predicted molar refractivity (Wildman–Crippen MR) is 119 cm³/mol. The Labute approximate surface area is 185 Å². The average Bonchev–Trinajstić information content (AvgIpc) is 2.82. The van der Waals surface area contributed by atoms with Gasteiger partial charge in [0, 0.05) is 38.3 Å². The molecule has 3 aromatic rings. The summed E-state index contributed by atoms with van der Waals surface area (Å²) in [5.41, 5.74) is 2.75. The quantitative estimate of drug-likeness (QED) is 0.652. The maximum absolute atomic E-state index is 14.0. The van der Waals surface area contributed by atoms with E-state index < -0.39 is 17.7 Å². The Morgan fingerprint density at radius 2 is 1.84 bits per heavy atom. The lowest BCUT2D eigenvalue weighted by Crippen LogP contribution is -2.55. The molecule has 32 heavy (non-hydrogen) atoms. The first-order chi connectivity index (χ1) is 15.6. The fraction of sp³-hybridized carbons (Fsp3) is 0.333. The molecule has 0 aliphatic carbocycles. The van der Waals surface area contributed by atoms with Gasteiger partial charge in [-0.25, -0.2) is 18.7 Å². The molecular formula is C24H25F2N5O. The zero-order chi connectivity index (χ0) is 22.1. The predicted octanol–water partition coefficient (Wildman–Crippen LogP) is 3.50. The third kappa shape index (κ3) is 4.16. The minimum Gasteiger partial charge on any atom is -0.390 e. The van der Waals surface area contributed by atoms with Crippen LogP contribution in [0.5, 0.6) is 0 Å². The first kappa shape index (κ1) is 20.8. The van der Waals surface area contributed by atoms with Gasteiger partial charge in [0.2, 0.25) is 0 Å². The summed E-state index contributed by atoms with van der Waals surface area (Å²) in [5.74, 6) is -0.869. The van der Waals surface area contributed by atoms with Crippen molar-refractivity contribution in [2.75, 3.05) is 29.9 Å². The van der Waals surface area contributed by atoms with E-state index >= 15 is 0 Å². The Morgan fingerprint density at radius 3 is 2.69 bits per heavy atom. The normalized spacial score (nSPS) is 21.3. The lowest BCUT2D eigenvalue weighted by atomic mass is 9.94. The van der Waals surface area contributed by atoms with Gasteiger partial charge in [0.1, 0.15) is 18.0 Å². The third-order valence-corrected chi connectivity index (χ3v) is 6.37. The Kier molecular flexibility index (Phi) is 5.71. The van der Waals surface area contributed by atoms with Gasteiger partial charge in [0.05, 0.1) is 11.8 Å². The van der Waals surface area contributed by atoms with Gasteiger partial charge >= 0.3 is 0 Å². The van der Waals surface area contributed by atoms with Crippen LogP contribution in [0, 0.1) is 11.6 Å². The molecule has 2 N–H and O–H groups in total. The van der Waals surface area contributed by atoms with E-state index in [1.807, 2.05) is 4.90 Å². The highest BCUT2D eigenvalue weighted by molar-refractivity contribution is 5.60. The largest absolute Gasteiger partial charge is 0.390 e. The second-order valence-electron chi connectivity index (χ2n) is 8.35. The number of piperidine rings is 1. The number of hydrogen-bond acceptors (Lipinski definition) is 6. The number of nitrogens with one attached hydrogen (secondary N) is 1. The minimum atomic E-state index is -0.952. The number of nitrogens with zero attached hydrogens (tertiary/aromatic N) is 4. The molecule has 5 rings (SSSR count). The SMILES string of the molecule is O[C@@H]1CN(c2cc(Nc3cccc(F)c3F)ncn2)CCC1N1CCc2ccccc2C1. The molecule has 2 aromatic carbocycles. The van der Waals surface area contributed by atoms with Crippen LogP contribution in [0.2, 0.25) is 0 Å². The van der Waals surface area contributed by atoms with E-state index in [0.29, 0.717) is 18.2 Å².